The molecule has 6 heteroatoms. The van der Waals surface area contributed by atoms with Gasteiger partial charge in [0.25, 0.3) is 0 Å². The lowest BCUT2D eigenvalue weighted by molar-refractivity contribution is 1.00. The molecule has 3 aromatic rings. The topological polar surface area (TPSA) is 90.5 Å². The van der Waals surface area contributed by atoms with Crippen molar-refractivity contribution in [3.05, 3.63) is 36.7 Å². The lowest BCUT2D eigenvalue weighted by Gasteiger charge is -2.01. The molecule has 0 aliphatic rings. The van der Waals surface area contributed by atoms with Gasteiger partial charge in [0.1, 0.15) is 6.33 Å². The van der Waals surface area contributed by atoms with Crippen LogP contribution >= 0.6 is 0 Å². The summed E-state index contributed by atoms with van der Waals surface area (Å²) in [5, 5.41) is 7.99. The van der Waals surface area contributed by atoms with Crippen LogP contribution in [-0.2, 0) is 0 Å². The molecule has 0 amide bonds. The fourth-order valence-electron chi connectivity index (χ4n) is 1.50. The zero-order valence-corrected chi connectivity index (χ0v) is 8.78. The maximum atomic E-state index is 5.72. The first-order chi connectivity index (χ1) is 8.34. The van der Waals surface area contributed by atoms with Crippen LogP contribution < -0.4 is 5.73 Å². The van der Waals surface area contributed by atoms with Crippen molar-refractivity contribution in [2.75, 3.05) is 5.73 Å². The first-order valence-corrected chi connectivity index (χ1v) is 5.01. The summed E-state index contributed by atoms with van der Waals surface area (Å²) in [7, 11) is 0. The van der Waals surface area contributed by atoms with Gasteiger partial charge in [0.15, 0.2) is 17.2 Å². The summed E-state index contributed by atoms with van der Waals surface area (Å²) in [6.45, 7) is 0. The molecule has 0 saturated heterocycles. The van der Waals surface area contributed by atoms with E-state index in [0.29, 0.717) is 22.8 Å². The molecule has 2 aromatic heterocycles. The zero-order valence-electron chi connectivity index (χ0n) is 8.78. The Labute approximate surface area is 96.6 Å². The van der Waals surface area contributed by atoms with Gasteiger partial charge in [-0.25, -0.2) is 15.0 Å². The van der Waals surface area contributed by atoms with Crippen molar-refractivity contribution in [2.45, 2.75) is 0 Å². The number of rotatable bonds is 1. The zero-order chi connectivity index (χ0) is 11.7. The van der Waals surface area contributed by atoms with Crippen LogP contribution in [0.3, 0.4) is 0 Å². The summed E-state index contributed by atoms with van der Waals surface area (Å²) in [5.41, 5.74) is 7.48. The Kier molecular flexibility index (Phi) is 2.11. The third-order valence-corrected chi connectivity index (χ3v) is 2.32. The fourth-order valence-corrected chi connectivity index (χ4v) is 1.50. The van der Waals surface area contributed by atoms with Crippen LogP contribution in [0.2, 0.25) is 0 Å². The molecule has 0 atom stereocenters. The van der Waals surface area contributed by atoms with E-state index in [1.807, 2.05) is 30.3 Å². The molecule has 0 spiro atoms. The van der Waals surface area contributed by atoms with Crippen molar-refractivity contribution in [3.63, 3.8) is 0 Å². The number of nitrogen functional groups attached to an aromatic ring is 1. The van der Waals surface area contributed by atoms with E-state index in [-0.39, 0.29) is 0 Å². The van der Waals surface area contributed by atoms with Crippen LogP contribution in [0.1, 0.15) is 0 Å². The average molecular weight is 224 g/mol. The van der Waals surface area contributed by atoms with E-state index in [1.165, 1.54) is 6.33 Å². The number of benzene rings is 1. The maximum Gasteiger partial charge on any atom is 0.205 e. The Morgan fingerprint density at radius 3 is 2.59 bits per heavy atom. The number of fused-ring (bicyclic) bond motifs is 1. The number of aromatic nitrogens is 5. The Balaban J connectivity index is 2.23. The minimum Gasteiger partial charge on any atom is -0.382 e. The predicted molar refractivity (Wildman–Crippen MR) is 62.8 cm³/mol. The third kappa shape index (κ3) is 1.65. The Morgan fingerprint density at radius 2 is 1.76 bits per heavy atom. The molecule has 1 aromatic carbocycles. The van der Waals surface area contributed by atoms with E-state index in [9.17, 15) is 0 Å². The molecule has 0 aliphatic carbocycles. The monoisotopic (exact) mass is 224 g/mol. The van der Waals surface area contributed by atoms with Gasteiger partial charge >= 0.3 is 0 Å². The molecule has 0 saturated carbocycles. The molecule has 2 heterocycles. The SMILES string of the molecule is Nc1ncnc2nnc(-c3ccccc3)nc12. The molecule has 6 nitrogen and oxygen atoms in total. The van der Waals surface area contributed by atoms with E-state index < -0.39 is 0 Å². The van der Waals surface area contributed by atoms with Crippen LogP contribution in [0.15, 0.2) is 36.7 Å². The first kappa shape index (κ1) is 9.59. The minimum absolute atomic E-state index is 0.307. The average Bonchev–Trinajstić information content (AvgIpc) is 2.40. The largest absolute Gasteiger partial charge is 0.382 e. The molecule has 0 unspecified atom stereocenters. The molecule has 2 N–H and O–H groups in total. The first-order valence-electron chi connectivity index (χ1n) is 5.01. The molecule has 3 rings (SSSR count). The lowest BCUT2D eigenvalue weighted by atomic mass is 10.2. The van der Waals surface area contributed by atoms with E-state index in [4.69, 9.17) is 5.73 Å². The summed E-state index contributed by atoms with van der Waals surface area (Å²) in [5.74, 6) is 0.821. The highest BCUT2D eigenvalue weighted by molar-refractivity contribution is 5.81. The number of nitrogens with zero attached hydrogens (tertiary/aromatic N) is 5. The van der Waals surface area contributed by atoms with Crippen molar-refractivity contribution in [2.24, 2.45) is 0 Å². The van der Waals surface area contributed by atoms with Crippen LogP contribution in [0, 0.1) is 0 Å². The predicted octanol–water partition coefficient (Wildman–Crippen LogP) is 1.06. The molecule has 82 valence electrons. The van der Waals surface area contributed by atoms with Gasteiger partial charge in [-0.1, -0.05) is 30.3 Å². The Hall–Kier alpha value is -2.63. The number of hydrogen-bond donors (Lipinski definition) is 1. The molecule has 0 radical (unpaired) electrons. The fraction of sp³-hybridized carbons (Fsp3) is 0. The van der Waals surface area contributed by atoms with Gasteiger partial charge in [-0.2, -0.15) is 0 Å². The van der Waals surface area contributed by atoms with Crippen molar-refractivity contribution >= 4 is 17.0 Å². The van der Waals surface area contributed by atoms with Crippen LogP contribution in [0.25, 0.3) is 22.6 Å². The van der Waals surface area contributed by atoms with Gasteiger partial charge in [-0.3, -0.25) is 0 Å². The normalized spacial score (nSPS) is 10.6. The molecule has 0 bridgehead atoms. The van der Waals surface area contributed by atoms with Gasteiger partial charge in [0, 0.05) is 5.56 Å². The number of hydrogen-bond acceptors (Lipinski definition) is 6. The van der Waals surface area contributed by atoms with Crippen molar-refractivity contribution < 1.29 is 0 Å². The lowest BCUT2D eigenvalue weighted by Crippen LogP contribution is -2.00. The highest BCUT2D eigenvalue weighted by atomic mass is 15.2. The van der Waals surface area contributed by atoms with Crippen LogP contribution in [0.5, 0.6) is 0 Å². The van der Waals surface area contributed by atoms with Crippen molar-refractivity contribution in [3.8, 4) is 11.4 Å². The van der Waals surface area contributed by atoms with E-state index >= 15 is 0 Å². The summed E-state index contributed by atoms with van der Waals surface area (Å²) < 4.78 is 0. The third-order valence-electron chi connectivity index (χ3n) is 2.32. The van der Waals surface area contributed by atoms with Gasteiger partial charge in [-0.15, -0.1) is 10.2 Å². The summed E-state index contributed by atoms with van der Waals surface area (Å²) >= 11 is 0. The van der Waals surface area contributed by atoms with Gasteiger partial charge < -0.3 is 5.73 Å². The van der Waals surface area contributed by atoms with E-state index in [1.54, 1.807) is 0 Å². The Morgan fingerprint density at radius 1 is 0.941 bits per heavy atom. The van der Waals surface area contributed by atoms with Crippen LogP contribution in [0.4, 0.5) is 5.82 Å². The molecule has 0 aliphatic heterocycles. The van der Waals surface area contributed by atoms with Gasteiger partial charge in [-0.05, 0) is 0 Å². The highest BCUT2D eigenvalue weighted by Gasteiger charge is 2.07. The van der Waals surface area contributed by atoms with Crippen LogP contribution in [-0.4, -0.2) is 25.1 Å². The van der Waals surface area contributed by atoms with Gasteiger partial charge in [0.2, 0.25) is 5.65 Å². The second-order valence-electron chi connectivity index (χ2n) is 3.43. The molecular weight excluding hydrogens is 216 g/mol. The molecule has 0 fully saturated rings. The summed E-state index contributed by atoms with van der Waals surface area (Å²) in [6.07, 6.45) is 1.34. The summed E-state index contributed by atoms with van der Waals surface area (Å²) in [4.78, 5) is 12.1. The van der Waals surface area contributed by atoms with E-state index in [2.05, 4.69) is 25.1 Å². The minimum atomic E-state index is 0.307. The number of nitrogens with two attached hydrogens (primary N) is 1. The smallest absolute Gasteiger partial charge is 0.205 e. The molecule has 17 heavy (non-hydrogen) atoms. The summed E-state index contributed by atoms with van der Waals surface area (Å²) in [6, 6.07) is 9.56. The van der Waals surface area contributed by atoms with Crippen molar-refractivity contribution in [1.82, 2.24) is 25.1 Å². The quantitative estimate of drug-likeness (QED) is 0.664. The second-order valence-corrected chi connectivity index (χ2v) is 3.43. The maximum absolute atomic E-state index is 5.72. The number of anilines is 1. The second kappa shape index (κ2) is 3.75. The Bertz CT molecular complexity index is 667. The highest BCUT2D eigenvalue weighted by Crippen LogP contribution is 2.17. The van der Waals surface area contributed by atoms with Crippen molar-refractivity contribution in [1.29, 1.82) is 0 Å². The standard InChI is InChI=1S/C11H8N6/c12-9-8-11(14-6-13-9)17-16-10(15-8)7-4-2-1-3-5-7/h1-6H,(H2,12,13,14,17). The van der Waals surface area contributed by atoms with E-state index in [0.717, 1.165) is 5.56 Å². The molecular formula is C11H8N6. The van der Waals surface area contributed by atoms with Gasteiger partial charge in [0.05, 0.1) is 0 Å².